The monoisotopic (exact) mass is 472 g/mol. The molecule has 0 saturated carbocycles. The van der Waals surface area contributed by atoms with Gasteiger partial charge in [-0.25, -0.2) is 18.4 Å². The summed E-state index contributed by atoms with van der Waals surface area (Å²) in [7, 11) is 0. The molecule has 2 atom stereocenters. The zero-order chi connectivity index (χ0) is 24.7. The van der Waals surface area contributed by atoms with Gasteiger partial charge in [0.25, 0.3) is 5.92 Å². The molecule has 2 aliphatic rings. The van der Waals surface area contributed by atoms with Gasteiger partial charge >= 0.3 is 12.1 Å². The third-order valence-corrected chi connectivity index (χ3v) is 6.72. The Bertz CT molecular complexity index is 1090. The molecule has 1 heterocycles. The van der Waals surface area contributed by atoms with Gasteiger partial charge in [-0.2, -0.15) is 0 Å². The van der Waals surface area contributed by atoms with E-state index < -0.39 is 48.4 Å². The second kappa shape index (κ2) is 8.70. The van der Waals surface area contributed by atoms with Gasteiger partial charge in [0.15, 0.2) is 0 Å². The average molecular weight is 472 g/mol. The summed E-state index contributed by atoms with van der Waals surface area (Å²) in [4.78, 5) is 37.9. The van der Waals surface area contributed by atoms with E-state index in [0.29, 0.717) is 4.90 Å². The number of rotatable bonds is 6. The number of carbonyl (C=O) groups is 3. The molecule has 34 heavy (non-hydrogen) atoms. The average Bonchev–Trinajstić information content (AvgIpc) is 3.31. The second-order valence-electron chi connectivity index (χ2n) is 8.98. The maximum atomic E-state index is 13.9. The number of ether oxygens (including phenoxy) is 1. The van der Waals surface area contributed by atoms with E-state index >= 15 is 0 Å². The SMILES string of the molecule is CCC(C)(NC(=O)OCC1c2ccccc2-c2ccccc21)C(=O)N1CC(F)(F)C[C@@H]1C(=O)O. The van der Waals surface area contributed by atoms with Crippen LogP contribution in [-0.4, -0.2) is 58.6 Å². The zero-order valence-corrected chi connectivity index (χ0v) is 18.9. The highest BCUT2D eigenvalue weighted by Crippen LogP contribution is 2.44. The van der Waals surface area contributed by atoms with Gasteiger partial charge in [0.1, 0.15) is 18.2 Å². The molecule has 0 bridgehead atoms. The topological polar surface area (TPSA) is 95.9 Å². The molecule has 9 heteroatoms. The number of carbonyl (C=O) groups excluding carboxylic acids is 2. The maximum absolute atomic E-state index is 13.9. The number of halogens is 2. The maximum Gasteiger partial charge on any atom is 0.408 e. The highest BCUT2D eigenvalue weighted by molar-refractivity contribution is 5.93. The number of nitrogens with zero attached hydrogens (tertiary/aromatic N) is 1. The molecule has 180 valence electrons. The normalized spacial score (nSPS) is 20.2. The standard InChI is InChI=1S/C25H26F2N2O5/c1-3-24(2,22(32)29-14-25(26,27)12-20(29)21(30)31)28-23(33)34-13-19-17-10-6-4-8-15(17)16-9-5-7-11-18(16)19/h4-11,19-20H,3,12-14H2,1-2H3,(H,28,33)(H,30,31)/t20-,24?/m1/s1. The Kier molecular flexibility index (Phi) is 6.05. The van der Waals surface area contributed by atoms with Gasteiger partial charge < -0.3 is 20.1 Å². The Balaban J connectivity index is 1.47. The second-order valence-corrected chi connectivity index (χ2v) is 8.98. The molecule has 0 aromatic heterocycles. The van der Waals surface area contributed by atoms with Crippen molar-refractivity contribution < 1.29 is 33.0 Å². The number of likely N-dealkylation sites (tertiary alicyclic amines) is 1. The number of nitrogens with one attached hydrogen (secondary N) is 1. The zero-order valence-electron chi connectivity index (χ0n) is 18.9. The minimum atomic E-state index is -3.31. The van der Waals surface area contributed by atoms with E-state index in [9.17, 15) is 28.3 Å². The van der Waals surface area contributed by atoms with Gasteiger partial charge in [-0.3, -0.25) is 4.79 Å². The molecule has 1 aliphatic carbocycles. The van der Waals surface area contributed by atoms with Crippen LogP contribution in [0.5, 0.6) is 0 Å². The van der Waals surface area contributed by atoms with Crippen LogP contribution in [0.15, 0.2) is 48.5 Å². The number of alkyl halides is 2. The molecule has 1 saturated heterocycles. The van der Waals surface area contributed by atoms with Crippen LogP contribution in [0.3, 0.4) is 0 Å². The van der Waals surface area contributed by atoms with Crippen LogP contribution in [0.1, 0.15) is 43.7 Å². The number of carboxylic acid groups (broad SMARTS) is 1. The molecular weight excluding hydrogens is 446 g/mol. The Hall–Kier alpha value is -3.49. The fraction of sp³-hybridized carbons (Fsp3) is 0.400. The van der Waals surface area contributed by atoms with Crippen molar-refractivity contribution in [1.82, 2.24) is 10.2 Å². The Morgan fingerprint density at radius 1 is 1.12 bits per heavy atom. The highest BCUT2D eigenvalue weighted by Gasteiger charge is 2.53. The van der Waals surface area contributed by atoms with E-state index in [4.69, 9.17) is 4.74 Å². The molecular formula is C25H26F2N2O5. The fourth-order valence-corrected chi connectivity index (χ4v) is 4.72. The Labute approximate surface area is 195 Å². The predicted octanol–water partition coefficient (Wildman–Crippen LogP) is 4.01. The molecule has 1 aliphatic heterocycles. The molecule has 2 amide bonds. The summed E-state index contributed by atoms with van der Waals surface area (Å²) < 4.78 is 33.3. The van der Waals surface area contributed by atoms with Gasteiger partial charge in [0, 0.05) is 12.3 Å². The van der Waals surface area contributed by atoms with E-state index in [2.05, 4.69) is 5.32 Å². The highest BCUT2D eigenvalue weighted by atomic mass is 19.3. The van der Waals surface area contributed by atoms with Crippen molar-refractivity contribution in [2.24, 2.45) is 0 Å². The van der Waals surface area contributed by atoms with Crippen molar-refractivity contribution in [2.45, 2.75) is 50.1 Å². The van der Waals surface area contributed by atoms with E-state index in [1.807, 2.05) is 48.5 Å². The molecule has 4 rings (SSSR count). The molecule has 1 unspecified atom stereocenters. The smallest absolute Gasteiger partial charge is 0.408 e. The summed E-state index contributed by atoms with van der Waals surface area (Å²) in [6.07, 6.45) is -1.78. The molecule has 2 N–H and O–H groups in total. The largest absolute Gasteiger partial charge is 0.480 e. The summed E-state index contributed by atoms with van der Waals surface area (Å²) >= 11 is 0. The van der Waals surface area contributed by atoms with Gasteiger partial charge in [-0.15, -0.1) is 0 Å². The lowest BCUT2D eigenvalue weighted by molar-refractivity contribution is -0.150. The first kappa shape index (κ1) is 23.7. The molecule has 2 aromatic rings. The first-order valence-electron chi connectivity index (χ1n) is 11.1. The summed E-state index contributed by atoms with van der Waals surface area (Å²) in [6, 6.07) is 14.0. The number of hydrogen-bond donors (Lipinski definition) is 2. The number of alkyl carbamates (subject to hydrolysis) is 1. The Morgan fingerprint density at radius 2 is 1.68 bits per heavy atom. The molecule has 0 radical (unpaired) electrons. The molecule has 0 spiro atoms. The number of benzene rings is 2. The quantitative estimate of drug-likeness (QED) is 0.662. The molecule has 7 nitrogen and oxygen atoms in total. The van der Waals surface area contributed by atoms with Crippen LogP contribution in [-0.2, 0) is 14.3 Å². The lowest BCUT2D eigenvalue weighted by atomic mass is 9.96. The van der Waals surface area contributed by atoms with Crippen molar-refractivity contribution in [2.75, 3.05) is 13.2 Å². The van der Waals surface area contributed by atoms with Gasteiger partial charge in [-0.05, 0) is 35.6 Å². The lowest BCUT2D eigenvalue weighted by Gasteiger charge is -2.33. The summed E-state index contributed by atoms with van der Waals surface area (Å²) in [5.41, 5.74) is 2.58. The first-order valence-corrected chi connectivity index (χ1v) is 11.1. The minimum Gasteiger partial charge on any atom is -0.480 e. The summed E-state index contributed by atoms with van der Waals surface area (Å²) in [5.74, 6) is -5.88. The van der Waals surface area contributed by atoms with Crippen molar-refractivity contribution in [3.05, 3.63) is 59.7 Å². The van der Waals surface area contributed by atoms with Crippen molar-refractivity contribution in [3.63, 3.8) is 0 Å². The van der Waals surface area contributed by atoms with Crippen LogP contribution in [0.4, 0.5) is 13.6 Å². The van der Waals surface area contributed by atoms with E-state index in [-0.39, 0.29) is 18.9 Å². The van der Waals surface area contributed by atoms with Crippen molar-refractivity contribution >= 4 is 18.0 Å². The van der Waals surface area contributed by atoms with E-state index in [1.165, 1.54) is 6.92 Å². The summed E-state index contributed by atoms with van der Waals surface area (Å²) in [5, 5.41) is 11.8. The molecule has 1 fully saturated rings. The third kappa shape index (κ3) is 4.22. The van der Waals surface area contributed by atoms with Crippen LogP contribution in [0, 0.1) is 0 Å². The van der Waals surface area contributed by atoms with Gasteiger partial charge in [0.05, 0.1) is 6.54 Å². The predicted molar refractivity (Wildman–Crippen MR) is 120 cm³/mol. The van der Waals surface area contributed by atoms with Crippen LogP contribution in [0.2, 0.25) is 0 Å². The third-order valence-electron chi connectivity index (χ3n) is 6.72. The molecule has 2 aromatic carbocycles. The number of fused-ring (bicyclic) bond motifs is 3. The van der Waals surface area contributed by atoms with Crippen molar-refractivity contribution in [3.8, 4) is 11.1 Å². The summed E-state index contributed by atoms with van der Waals surface area (Å²) in [6.45, 7) is 2.00. The fourth-order valence-electron chi connectivity index (χ4n) is 4.72. The van der Waals surface area contributed by atoms with Gasteiger partial charge in [-0.1, -0.05) is 55.5 Å². The van der Waals surface area contributed by atoms with Crippen LogP contribution < -0.4 is 5.32 Å². The van der Waals surface area contributed by atoms with Crippen molar-refractivity contribution in [1.29, 1.82) is 0 Å². The van der Waals surface area contributed by atoms with Gasteiger partial charge in [0.2, 0.25) is 5.91 Å². The number of aliphatic carboxylic acids is 1. The minimum absolute atomic E-state index is 0.0212. The van der Waals surface area contributed by atoms with Crippen LogP contribution >= 0.6 is 0 Å². The van der Waals surface area contributed by atoms with E-state index in [1.54, 1.807) is 6.92 Å². The number of amides is 2. The van der Waals surface area contributed by atoms with E-state index in [0.717, 1.165) is 22.3 Å². The lowest BCUT2D eigenvalue weighted by Crippen LogP contribution is -2.59. The first-order chi connectivity index (χ1) is 16.1. The number of carboxylic acids is 1. The van der Waals surface area contributed by atoms with Crippen LogP contribution in [0.25, 0.3) is 11.1 Å². The Morgan fingerprint density at radius 3 is 2.21 bits per heavy atom. The number of hydrogen-bond acceptors (Lipinski definition) is 4.